The van der Waals surface area contributed by atoms with Crippen molar-refractivity contribution in [1.29, 1.82) is 0 Å². The molecule has 0 radical (unpaired) electrons. The molecule has 1 fully saturated rings. The summed E-state index contributed by atoms with van der Waals surface area (Å²) >= 11 is 0. The highest BCUT2D eigenvalue weighted by Crippen LogP contribution is 2.25. The number of benzene rings is 1. The number of morpholine rings is 1. The lowest BCUT2D eigenvalue weighted by atomic mass is 10.1. The number of hydrogen-bond acceptors (Lipinski definition) is 4. The van der Waals surface area contributed by atoms with Crippen LogP contribution in [0.3, 0.4) is 0 Å². The summed E-state index contributed by atoms with van der Waals surface area (Å²) in [5.74, 6) is 1.79. The molecule has 4 nitrogen and oxygen atoms in total. The third-order valence-corrected chi connectivity index (χ3v) is 3.42. The number of ether oxygens (including phenoxy) is 3. The van der Waals surface area contributed by atoms with Gasteiger partial charge in [-0.1, -0.05) is 13.0 Å². The fourth-order valence-corrected chi connectivity index (χ4v) is 2.22. The minimum absolute atomic E-state index is 0.703. The van der Waals surface area contributed by atoms with Gasteiger partial charge in [0.05, 0.1) is 20.3 Å². The Morgan fingerprint density at radius 1 is 1.26 bits per heavy atom. The van der Waals surface area contributed by atoms with Crippen molar-refractivity contribution in [2.45, 2.75) is 13.3 Å². The number of methoxy groups -OCH3 is 1. The van der Waals surface area contributed by atoms with E-state index in [0.717, 1.165) is 50.8 Å². The number of rotatable bonds is 6. The summed E-state index contributed by atoms with van der Waals surface area (Å²) in [7, 11) is 1.70. The molecule has 1 aliphatic rings. The fourth-order valence-electron chi connectivity index (χ4n) is 2.22. The highest BCUT2D eigenvalue weighted by Gasteiger charge is 2.10. The molecule has 0 bridgehead atoms. The third-order valence-electron chi connectivity index (χ3n) is 3.42. The minimum Gasteiger partial charge on any atom is -0.496 e. The van der Waals surface area contributed by atoms with Crippen LogP contribution in [0.25, 0.3) is 0 Å². The summed E-state index contributed by atoms with van der Waals surface area (Å²) in [5, 5.41) is 0. The van der Waals surface area contributed by atoms with E-state index in [-0.39, 0.29) is 0 Å². The van der Waals surface area contributed by atoms with Crippen molar-refractivity contribution >= 4 is 0 Å². The Morgan fingerprint density at radius 3 is 2.74 bits per heavy atom. The highest BCUT2D eigenvalue weighted by atomic mass is 16.5. The van der Waals surface area contributed by atoms with E-state index in [1.807, 2.05) is 12.1 Å². The molecule has 0 aliphatic carbocycles. The first-order valence-electron chi connectivity index (χ1n) is 6.93. The third kappa shape index (κ3) is 4.11. The fraction of sp³-hybridized carbons (Fsp3) is 0.600. The largest absolute Gasteiger partial charge is 0.496 e. The van der Waals surface area contributed by atoms with Gasteiger partial charge in [0, 0.05) is 25.7 Å². The number of nitrogens with zero attached hydrogens (tertiary/aromatic N) is 1. The second-order valence-corrected chi connectivity index (χ2v) is 4.63. The molecule has 1 saturated heterocycles. The van der Waals surface area contributed by atoms with E-state index in [2.05, 4.69) is 17.9 Å². The molecule has 0 amide bonds. The van der Waals surface area contributed by atoms with E-state index in [9.17, 15) is 0 Å². The molecule has 0 unspecified atom stereocenters. The Balaban J connectivity index is 1.81. The minimum atomic E-state index is 0.703. The van der Waals surface area contributed by atoms with E-state index >= 15 is 0 Å². The predicted octanol–water partition coefficient (Wildman–Crippen LogP) is 1.97. The maximum Gasteiger partial charge on any atom is 0.125 e. The van der Waals surface area contributed by atoms with Crippen molar-refractivity contribution in [2.75, 3.05) is 46.6 Å². The SMILES string of the molecule is CCc1ccc(OCCN2CCOCC2)cc1OC. The highest BCUT2D eigenvalue weighted by molar-refractivity contribution is 5.40. The quantitative estimate of drug-likeness (QED) is 0.787. The molecule has 19 heavy (non-hydrogen) atoms. The normalized spacial score (nSPS) is 16.3. The molecule has 2 rings (SSSR count). The van der Waals surface area contributed by atoms with Crippen LogP contribution >= 0.6 is 0 Å². The van der Waals surface area contributed by atoms with Gasteiger partial charge in [-0.25, -0.2) is 0 Å². The van der Waals surface area contributed by atoms with Crippen LogP contribution in [0.5, 0.6) is 11.5 Å². The topological polar surface area (TPSA) is 30.9 Å². The standard InChI is InChI=1S/C15H23NO3/c1-3-13-4-5-14(12-15(13)17-2)19-11-8-16-6-9-18-10-7-16/h4-5,12H,3,6-11H2,1-2H3. The van der Waals surface area contributed by atoms with Crippen molar-refractivity contribution in [2.24, 2.45) is 0 Å². The molecule has 1 aromatic rings. The Bertz CT molecular complexity index is 389. The summed E-state index contributed by atoms with van der Waals surface area (Å²) < 4.78 is 16.5. The van der Waals surface area contributed by atoms with Crippen LogP contribution in [-0.4, -0.2) is 51.5 Å². The first-order valence-corrected chi connectivity index (χ1v) is 6.93. The predicted molar refractivity (Wildman–Crippen MR) is 75.1 cm³/mol. The van der Waals surface area contributed by atoms with Gasteiger partial charge in [0.1, 0.15) is 18.1 Å². The molecule has 1 aliphatic heterocycles. The van der Waals surface area contributed by atoms with Crippen molar-refractivity contribution in [3.05, 3.63) is 23.8 Å². The van der Waals surface area contributed by atoms with Gasteiger partial charge in [-0.15, -0.1) is 0 Å². The summed E-state index contributed by atoms with van der Waals surface area (Å²) in [4.78, 5) is 2.36. The van der Waals surface area contributed by atoms with Gasteiger partial charge < -0.3 is 14.2 Å². The van der Waals surface area contributed by atoms with E-state index < -0.39 is 0 Å². The lowest BCUT2D eigenvalue weighted by Crippen LogP contribution is -2.38. The van der Waals surface area contributed by atoms with Crippen molar-refractivity contribution in [3.8, 4) is 11.5 Å². The second kappa shape index (κ2) is 7.36. The average molecular weight is 265 g/mol. The van der Waals surface area contributed by atoms with Crippen molar-refractivity contribution in [1.82, 2.24) is 4.90 Å². The molecule has 0 spiro atoms. The Hall–Kier alpha value is -1.26. The molecular weight excluding hydrogens is 242 g/mol. The van der Waals surface area contributed by atoms with E-state index in [0.29, 0.717) is 6.61 Å². The van der Waals surface area contributed by atoms with Crippen molar-refractivity contribution in [3.63, 3.8) is 0 Å². The van der Waals surface area contributed by atoms with Gasteiger partial charge >= 0.3 is 0 Å². The Kier molecular flexibility index (Phi) is 5.48. The van der Waals surface area contributed by atoms with E-state index in [4.69, 9.17) is 14.2 Å². The Labute approximate surface area is 115 Å². The molecule has 0 N–H and O–H groups in total. The zero-order valence-electron chi connectivity index (χ0n) is 11.9. The summed E-state index contributed by atoms with van der Waals surface area (Å²) in [6, 6.07) is 6.06. The molecule has 0 saturated carbocycles. The maximum absolute atomic E-state index is 5.79. The van der Waals surface area contributed by atoms with Gasteiger partial charge in [0.15, 0.2) is 0 Å². The zero-order chi connectivity index (χ0) is 13.5. The van der Waals surface area contributed by atoms with Gasteiger partial charge in [-0.05, 0) is 18.1 Å². The van der Waals surface area contributed by atoms with Crippen LogP contribution < -0.4 is 9.47 Å². The van der Waals surface area contributed by atoms with Crippen LogP contribution in [0.15, 0.2) is 18.2 Å². The molecule has 0 atom stereocenters. The van der Waals surface area contributed by atoms with Gasteiger partial charge in [-0.3, -0.25) is 4.90 Å². The number of aryl methyl sites for hydroxylation is 1. The van der Waals surface area contributed by atoms with Crippen molar-refractivity contribution < 1.29 is 14.2 Å². The average Bonchev–Trinajstić information content (AvgIpc) is 2.48. The van der Waals surface area contributed by atoms with Crippen LogP contribution in [-0.2, 0) is 11.2 Å². The molecule has 1 aromatic carbocycles. The molecule has 106 valence electrons. The zero-order valence-corrected chi connectivity index (χ0v) is 11.9. The van der Waals surface area contributed by atoms with E-state index in [1.165, 1.54) is 5.56 Å². The lowest BCUT2D eigenvalue weighted by molar-refractivity contribution is 0.0322. The number of hydrogen-bond donors (Lipinski definition) is 0. The molecule has 4 heteroatoms. The van der Waals surface area contributed by atoms with Crippen LogP contribution in [0, 0.1) is 0 Å². The molecule has 0 aromatic heterocycles. The first kappa shape index (κ1) is 14.2. The Morgan fingerprint density at radius 2 is 2.05 bits per heavy atom. The summed E-state index contributed by atoms with van der Waals surface area (Å²) in [6.45, 7) is 7.44. The lowest BCUT2D eigenvalue weighted by Gasteiger charge is -2.26. The van der Waals surface area contributed by atoms with Gasteiger partial charge in [-0.2, -0.15) is 0 Å². The summed E-state index contributed by atoms with van der Waals surface area (Å²) in [5.41, 5.74) is 1.21. The van der Waals surface area contributed by atoms with Gasteiger partial charge in [0.2, 0.25) is 0 Å². The molecule has 1 heterocycles. The smallest absolute Gasteiger partial charge is 0.125 e. The van der Waals surface area contributed by atoms with Gasteiger partial charge in [0.25, 0.3) is 0 Å². The van der Waals surface area contributed by atoms with E-state index in [1.54, 1.807) is 7.11 Å². The van der Waals surface area contributed by atoms with Crippen LogP contribution in [0.1, 0.15) is 12.5 Å². The van der Waals surface area contributed by atoms with Crippen LogP contribution in [0.2, 0.25) is 0 Å². The second-order valence-electron chi connectivity index (χ2n) is 4.63. The summed E-state index contributed by atoms with van der Waals surface area (Å²) in [6.07, 6.45) is 0.969. The first-order chi connectivity index (χ1) is 9.33. The van der Waals surface area contributed by atoms with Crippen LogP contribution in [0.4, 0.5) is 0 Å². The molecular formula is C15H23NO3. The maximum atomic E-state index is 5.79. The monoisotopic (exact) mass is 265 g/mol.